The Morgan fingerprint density at radius 2 is 2.00 bits per heavy atom. The molecule has 0 aliphatic carbocycles. The molecule has 1 N–H and O–H groups in total. The third-order valence-electron chi connectivity index (χ3n) is 3.55. The van der Waals surface area contributed by atoms with E-state index < -0.39 is 6.10 Å². The third kappa shape index (κ3) is 4.36. The van der Waals surface area contributed by atoms with E-state index in [9.17, 15) is 4.79 Å². The number of amides is 1. The van der Waals surface area contributed by atoms with Crippen LogP contribution in [-0.4, -0.2) is 22.2 Å². The van der Waals surface area contributed by atoms with Gasteiger partial charge in [-0.2, -0.15) is 0 Å². The van der Waals surface area contributed by atoms with Gasteiger partial charge in [0.2, 0.25) is 12.3 Å². The molecule has 0 aliphatic heterocycles. The smallest absolute Gasteiger partial charge is 0.261 e. The molecule has 0 fully saturated rings. The van der Waals surface area contributed by atoms with Crippen molar-refractivity contribution in [2.24, 2.45) is 0 Å². The number of benzene rings is 2. The van der Waals surface area contributed by atoms with E-state index in [0.29, 0.717) is 23.2 Å². The van der Waals surface area contributed by atoms with Gasteiger partial charge in [-0.1, -0.05) is 29.8 Å². The van der Waals surface area contributed by atoms with E-state index in [1.165, 1.54) is 6.39 Å². The molecule has 1 amide bonds. The molecule has 0 saturated heterocycles. The molecule has 0 aliphatic rings. The fourth-order valence-corrected chi connectivity index (χ4v) is 2.40. The highest BCUT2D eigenvalue weighted by molar-refractivity contribution is 6.31. The van der Waals surface area contributed by atoms with Gasteiger partial charge in [-0.3, -0.25) is 4.79 Å². The maximum Gasteiger partial charge on any atom is 0.261 e. The van der Waals surface area contributed by atoms with Gasteiger partial charge in [-0.25, -0.2) is 0 Å². The minimum Gasteiger partial charge on any atom is -0.481 e. The van der Waals surface area contributed by atoms with E-state index in [1.54, 1.807) is 37.3 Å². The summed E-state index contributed by atoms with van der Waals surface area (Å²) in [6, 6.07) is 14.4. The van der Waals surface area contributed by atoms with Crippen molar-refractivity contribution in [3.63, 3.8) is 0 Å². The van der Waals surface area contributed by atoms with Gasteiger partial charge < -0.3 is 14.5 Å². The molecule has 0 spiro atoms. The molecule has 1 heterocycles. The average Bonchev–Trinajstić information content (AvgIpc) is 3.16. The van der Waals surface area contributed by atoms with Crippen molar-refractivity contribution in [3.8, 4) is 17.2 Å². The molecule has 0 bridgehead atoms. The number of carbonyl (C=O) groups is 1. The highest BCUT2D eigenvalue weighted by Gasteiger charge is 2.15. The van der Waals surface area contributed by atoms with Crippen LogP contribution in [0.25, 0.3) is 11.5 Å². The first-order valence-corrected chi connectivity index (χ1v) is 8.05. The summed E-state index contributed by atoms with van der Waals surface area (Å²) in [6.07, 6.45) is 0.627. The Bertz CT molecular complexity index is 835. The molecule has 7 heteroatoms. The lowest BCUT2D eigenvalue weighted by atomic mass is 10.2. The second kappa shape index (κ2) is 7.81. The fourth-order valence-electron chi connectivity index (χ4n) is 2.20. The lowest BCUT2D eigenvalue weighted by Crippen LogP contribution is -2.35. The second-order valence-corrected chi connectivity index (χ2v) is 5.74. The number of hydrogen-bond donors (Lipinski definition) is 1. The van der Waals surface area contributed by atoms with E-state index in [0.717, 1.165) is 11.1 Å². The standard InChI is InChI=1S/C18H16ClN3O3/c1-12(17(23)20-10-14-4-2-3-5-16(14)19)25-15-8-6-13(7-9-15)18-22-21-11-24-18/h2-9,11-12H,10H2,1H3,(H,20,23)/t12-/m0/s1. The quantitative estimate of drug-likeness (QED) is 0.730. The van der Waals surface area contributed by atoms with Crippen molar-refractivity contribution in [3.05, 3.63) is 65.5 Å². The topological polar surface area (TPSA) is 77.2 Å². The number of nitrogens with zero attached hydrogens (tertiary/aromatic N) is 2. The Kier molecular flexibility index (Phi) is 5.30. The molecule has 128 valence electrons. The first-order chi connectivity index (χ1) is 12.1. The zero-order valence-corrected chi connectivity index (χ0v) is 14.2. The number of nitrogens with one attached hydrogen (secondary N) is 1. The second-order valence-electron chi connectivity index (χ2n) is 5.34. The summed E-state index contributed by atoms with van der Waals surface area (Å²) in [4.78, 5) is 12.2. The van der Waals surface area contributed by atoms with Crippen LogP contribution in [0.1, 0.15) is 12.5 Å². The third-order valence-corrected chi connectivity index (χ3v) is 3.92. The van der Waals surface area contributed by atoms with Gasteiger partial charge in [-0.05, 0) is 42.8 Å². The van der Waals surface area contributed by atoms with Gasteiger partial charge in [0.25, 0.3) is 5.91 Å². The lowest BCUT2D eigenvalue weighted by Gasteiger charge is -2.15. The van der Waals surface area contributed by atoms with Gasteiger partial charge in [0.1, 0.15) is 5.75 Å². The van der Waals surface area contributed by atoms with Gasteiger partial charge in [0, 0.05) is 17.1 Å². The predicted molar refractivity (Wildman–Crippen MR) is 93.1 cm³/mol. The van der Waals surface area contributed by atoms with Gasteiger partial charge in [0.15, 0.2) is 6.10 Å². The molecule has 6 nitrogen and oxygen atoms in total. The molecule has 1 aromatic heterocycles. The van der Waals surface area contributed by atoms with E-state index in [1.807, 2.05) is 18.2 Å². The van der Waals surface area contributed by atoms with Crippen molar-refractivity contribution in [2.75, 3.05) is 0 Å². The van der Waals surface area contributed by atoms with E-state index >= 15 is 0 Å². The molecule has 0 unspecified atom stereocenters. The molecule has 3 rings (SSSR count). The predicted octanol–water partition coefficient (Wildman–Crippen LogP) is 3.47. The highest BCUT2D eigenvalue weighted by Crippen LogP contribution is 2.21. The minimum absolute atomic E-state index is 0.221. The lowest BCUT2D eigenvalue weighted by molar-refractivity contribution is -0.127. The summed E-state index contributed by atoms with van der Waals surface area (Å²) >= 11 is 6.07. The number of rotatable bonds is 6. The molecule has 0 radical (unpaired) electrons. The summed E-state index contributed by atoms with van der Waals surface area (Å²) < 4.78 is 10.8. The normalized spacial score (nSPS) is 11.8. The number of aromatic nitrogens is 2. The summed E-state index contributed by atoms with van der Waals surface area (Å²) in [6.45, 7) is 2.04. The van der Waals surface area contributed by atoms with E-state index in [4.69, 9.17) is 20.8 Å². The van der Waals surface area contributed by atoms with Crippen LogP contribution in [0.3, 0.4) is 0 Å². The molecule has 3 aromatic rings. The number of hydrogen-bond acceptors (Lipinski definition) is 5. The Labute approximate surface area is 149 Å². The van der Waals surface area contributed by atoms with Crippen LogP contribution in [0.2, 0.25) is 5.02 Å². The van der Waals surface area contributed by atoms with Gasteiger partial charge in [0.05, 0.1) is 0 Å². The van der Waals surface area contributed by atoms with Crippen LogP contribution < -0.4 is 10.1 Å². The van der Waals surface area contributed by atoms with Crippen molar-refractivity contribution in [1.82, 2.24) is 15.5 Å². The molecule has 0 saturated carbocycles. The summed E-state index contributed by atoms with van der Waals surface area (Å²) in [5, 5.41) is 10.9. The number of halogens is 1. The molecular weight excluding hydrogens is 342 g/mol. The maximum absolute atomic E-state index is 12.2. The zero-order valence-electron chi connectivity index (χ0n) is 13.5. The largest absolute Gasteiger partial charge is 0.481 e. The van der Waals surface area contributed by atoms with E-state index in [-0.39, 0.29) is 5.91 Å². The molecule has 25 heavy (non-hydrogen) atoms. The van der Waals surface area contributed by atoms with Gasteiger partial charge >= 0.3 is 0 Å². The summed E-state index contributed by atoms with van der Waals surface area (Å²) in [7, 11) is 0. The Hall–Kier alpha value is -2.86. The molecule has 1 atom stereocenters. The monoisotopic (exact) mass is 357 g/mol. The molecular formula is C18H16ClN3O3. The van der Waals surface area contributed by atoms with Crippen molar-refractivity contribution >= 4 is 17.5 Å². The van der Waals surface area contributed by atoms with Crippen molar-refractivity contribution < 1.29 is 13.9 Å². The van der Waals surface area contributed by atoms with Gasteiger partial charge in [-0.15, -0.1) is 10.2 Å². The molecule has 2 aromatic carbocycles. The SMILES string of the molecule is C[C@H](Oc1ccc(-c2nnco2)cc1)C(=O)NCc1ccccc1Cl. The van der Waals surface area contributed by atoms with Crippen molar-refractivity contribution in [2.45, 2.75) is 19.6 Å². The summed E-state index contributed by atoms with van der Waals surface area (Å²) in [5.41, 5.74) is 1.63. The number of carbonyl (C=O) groups excluding carboxylic acids is 1. The highest BCUT2D eigenvalue weighted by atomic mass is 35.5. The van der Waals surface area contributed by atoms with Crippen LogP contribution in [0.5, 0.6) is 5.75 Å². The maximum atomic E-state index is 12.2. The minimum atomic E-state index is -0.642. The van der Waals surface area contributed by atoms with Crippen LogP contribution in [0.4, 0.5) is 0 Å². The van der Waals surface area contributed by atoms with Crippen LogP contribution >= 0.6 is 11.6 Å². The summed E-state index contributed by atoms with van der Waals surface area (Å²) in [5.74, 6) is 0.779. The number of ether oxygens (including phenoxy) is 1. The van der Waals surface area contributed by atoms with Crippen LogP contribution in [0.15, 0.2) is 59.3 Å². The zero-order chi connectivity index (χ0) is 17.6. The Morgan fingerprint density at radius 3 is 2.68 bits per heavy atom. The fraction of sp³-hybridized carbons (Fsp3) is 0.167. The van der Waals surface area contributed by atoms with Crippen molar-refractivity contribution in [1.29, 1.82) is 0 Å². The first kappa shape index (κ1) is 17.0. The Morgan fingerprint density at radius 1 is 1.24 bits per heavy atom. The van der Waals surface area contributed by atoms with Crippen LogP contribution in [0, 0.1) is 0 Å². The Balaban J connectivity index is 1.55. The van der Waals surface area contributed by atoms with E-state index in [2.05, 4.69) is 15.5 Å². The first-order valence-electron chi connectivity index (χ1n) is 7.68. The average molecular weight is 358 g/mol. The van der Waals surface area contributed by atoms with Crippen LogP contribution in [-0.2, 0) is 11.3 Å².